The molecule has 1 fully saturated rings. The van der Waals surface area contributed by atoms with Gasteiger partial charge >= 0.3 is 0 Å². The average molecular weight is 231 g/mol. The zero-order valence-corrected chi connectivity index (χ0v) is 11.4. The standard InChI is InChI=1S/C16H25N/c1-4-5-6-12-7-9-13(10-8-12)15(17)14-11-16(14,2)3/h7-10,14-15H,4-6,11,17H2,1-3H3. The van der Waals surface area contributed by atoms with Gasteiger partial charge in [0, 0.05) is 6.04 Å². The SMILES string of the molecule is CCCCc1ccc(C(N)C2CC2(C)C)cc1. The Morgan fingerprint density at radius 1 is 1.29 bits per heavy atom. The van der Waals surface area contributed by atoms with Crippen molar-refractivity contribution < 1.29 is 0 Å². The Morgan fingerprint density at radius 3 is 2.35 bits per heavy atom. The van der Waals surface area contributed by atoms with Gasteiger partial charge in [0.15, 0.2) is 0 Å². The number of nitrogens with two attached hydrogens (primary N) is 1. The molecule has 2 rings (SSSR count). The van der Waals surface area contributed by atoms with Crippen LogP contribution in [0.2, 0.25) is 0 Å². The highest BCUT2D eigenvalue weighted by Crippen LogP contribution is 2.56. The highest BCUT2D eigenvalue weighted by atomic mass is 14.7. The highest BCUT2D eigenvalue weighted by molar-refractivity contribution is 5.27. The van der Waals surface area contributed by atoms with Crippen molar-refractivity contribution in [2.45, 2.75) is 52.5 Å². The number of hydrogen-bond acceptors (Lipinski definition) is 1. The zero-order chi connectivity index (χ0) is 12.5. The van der Waals surface area contributed by atoms with Crippen LogP contribution in [0, 0.1) is 11.3 Å². The second-order valence-electron chi connectivity index (χ2n) is 6.17. The lowest BCUT2D eigenvalue weighted by atomic mass is 9.96. The molecule has 0 heterocycles. The van der Waals surface area contributed by atoms with Gasteiger partial charge in [0.05, 0.1) is 0 Å². The molecule has 0 amide bonds. The van der Waals surface area contributed by atoms with Crippen LogP contribution in [0.4, 0.5) is 0 Å². The molecule has 17 heavy (non-hydrogen) atoms. The van der Waals surface area contributed by atoms with Crippen molar-refractivity contribution in [2.24, 2.45) is 17.1 Å². The van der Waals surface area contributed by atoms with E-state index in [0.29, 0.717) is 11.3 Å². The van der Waals surface area contributed by atoms with Gasteiger partial charge in [-0.05, 0) is 41.7 Å². The first-order chi connectivity index (χ1) is 8.04. The van der Waals surface area contributed by atoms with Crippen molar-refractivity contribution in [1.82, 2.24) is 0 Å². The van der Waals surface area contributed by atoms with Crippen molar-refractivity contribution in [3.63, 3.8) is 0 Å². The molecule has 0 bridgehead atoms. The molecule has 2 atom stereocenters. The Morgan fingerprint density at radius 2 is 1.88 bits per heavy atom. The van der Waals surface area contributed by atoms with Crippen LogP contribution in [0.25, 0.3) is 0 Å². The molecular weight excluding hydrogens is 206 g/mol. The van der Waals surface area contributed by atoms with Crippen molar-refractivity contribution in [1.29, 1.82) is 0 Å². The van der Waals surface area contributed by atoms with E-state index in [-0.39, 0.29) is 6.04 Å². The average Bonchev–Trinajstić information content (AvgIpc) is 2.95. The van der Waals surface area contributed by atoms with Gasteiger partial charge in [-0.3, -0.25) is 0 Å². The fourth-order valence-electron chi connectivity index (χ4n) is 2.64. The molecule has 2 N–H and O–H groups in total. The third-order valence-electron chi connectivity index (χ3n) is 4.21. The topological polar surface area (TPSA) is 26.0 Å². The number of hydrogen-bond donors (Lipinski definition) is 1. The largest absolute Gasteiger partial charge is 0.324 e. The molecule has 1 aliphatic rings. The summed E-state index contributed by atoms with van der Waals surface area (Å²) in [6.07, 6.45) is 5.01. The summed E-state index contributed by atoms with van der Waals surface area (Å²) in [7, 11) is 0. The first-order valence-corrected chi connectivity index (χ1v) is 6.89. The van der Waals surface area contributed by atoms with Gasteiger partial charge in [-0.25, -0.2) is 0 Å². The number of benzene rings is 1. The molecule has 1 heteroatoms. The van der Waals surface area contributed by atoms with E-state index in [1.54, 1.807) is 0 Å². The van der Waals surface area contributed by atoms with Gasteiger partial charge < -0.3 is 5.73 Å². The first-order valence-electron chi connectivity index (χ1n) is 6.89. The number of rotatable bonds is 5. The summed E-state index contributed by atoms with van der Waals surface area (Å²) in [5.74, 6) is 0.670. The zero-order valence-electron chi connectivity index (χ0n) is 11.4. The van der Waals surface area contributed by atoms with Crippen LogP contribution >= 0.6 is 0 Å². The minimum atomic E-state index is 0.227. The Bertz CT molecular complexity index is 364. The smallest absolute Gasteiger partial charge is 0.0328 e. The number of unbranched alkanes of at least 4 members (excludes halogenated alkanes) is 1. The normalized spacial score (nSPS) is 23.4. The molecule has 0 aliphatic heterocycles. The van der Waals surface area contributed by atoms with Crippen LogP contribution in [0.15, 0.2) is 24.3 Å². The molecule has 2 unspecified atom stereocenters. The van der Waals surface area contributed by atoms with Crippen molar-refractivity contribution in [3.8, 4) is 0 Å². The molecule has 0 aromatic heterocycles. The molecule has 0 saturated heterocycles. The molecule has 1 saturated carbocycles. The summed E-state index contributed by atoms with van der Waals surface area (Å²) in [5.41, 5.74) is 9.53. The lowest BCUT2D eigenvalue weighted by molar-refractivity contribution is 0.491. The highest BCUT2D eigenvalue weighted by Gasteiger charge is 2.49. The third kappa shape index (κ3) is 2.90. The molecule has 1 nitrogen and oxygen atoms in total. The van der Waals surface area contributed by atoms with Crippen LogP contribution in [0.3, 0.4) is 0 Å². The Kier molecular flexibility index (Phi) is 3.58. The second kappa shape index (κ2) is 4.81. The third-order valence-corrected chi connectivity index (χ3v) is 4.21. The van der Waals surface area contributed by atoms with Gasteiger partial charge in [-0.1, -0.05) is 51.5 Å². The maximum absolute atomic E-state index is 6.33. The van der Waals surface area contributed by atoms with E-state index in [1.807, 2.05) is 0 Å². The van der Waals surface area contributed by atoms with Crippen LogP contribution in [0.1, 0.15) is 57.2 Å². The molecule has 1 aliphatic carbocycles. The van der Waals surface area contributed by atoms with Crippen molar-refractivity contribution in [2.75, 3.05) is 0 Å². The lowest BCUT2D eigenvalue weighted by Gasteiger charge is -2.14. The minimum Gasteiger partial charge on any atom is -0.324 e. The second-order valence-corrected chi connectivity index (χ2v) is 6.17. The summed E-state index contributed by atoms with van der Waals surface area (Å²) in [6, 6.07) is 9.18. The van der Waals surface area contributed by atoms with E-state index in [2.05, 4.69) is 45.0 Å². The predicted molar refractivity (Wildman–Crippen MR) is 73.9 cm³/mol. The summed E-state index contributed by atoms with van der Waals surface area (Å²) < 4.78 is 0. The molecule has 1 aromatic carbocycles. The molecule has 1 aromatic rings. The first kappa shape index (κ1) is 12.6. The number of aryl methyl sites for hydroxylation is 1. The van der Waals surface area contributed by atoms with E-state index in [0.717, 1.165) is 0 Å². The van der Waals surface area contributed by atoms with Crippen LogP contribution in [-0.4, -0.2) is 0 Å². The van der Waals surface area contributed by atoms with Crippen LogP contribution in [0.5, 0.6) is 0 Å². The fraction of sp³-hybridized carbons (Fsp3) is 0.625. The molecular formula is C16H25N. The Labute approximate surface area is 105 Å². The predicted octanol–water partition coefficient (Wildman–Crippen LogP) is 4.08. The van der Waals surface area contributed by atoms with Crippen molar-refractivity contribution in [3.05, 3.63) is 35.4 Å². The molecule has 0 spiro atoms. The van der Waals surface area contributed by atoms with Crippen molar-refractivity contribution >= 4 is 0 Å². The summed E-state index contributed by atoms with van der Waals surface area (Å²) >= 11 is 0. The Hall–Kier alpha value is -0.820. The summed E-state index contributed by atoms with van der Waals surface area (Å²) in [6.45, 7) is 6.86. The minimum absolute atomic E-state index is 0.227. The van der Waals surface area contributed by atoms with E-state index in [4.69, 9.17) is 5.73 Å². The van der Waals surface area contributed by atoms with Gasteiger partial charge in [0.25, 0.3) is 0 Å². The molecule has 94 valence electrons. The summed E-state index contributed by atoms with van der Waals surface area (Å²) in [4.78, 5) is 0. The van der Waals surface area contributed by atoms with Crippen LogP contribution < -0.4 is 5.73 Å². The quantitative estimate of drug-likeness (QED) is 0.812. The Balaban J connectivity index is 1.98. The maximum Gasteiger partial charge on any atom is 0.0328 e. The van der Waals surface area contributed by atoms with E-state index in [1.165, 1.54) is 36.8 Å². The van der Waals surface area contributed by atoms with Gasteiger partial charge in [-0.2, -0.15) is 0 Å². The monoisotopic (exact) mass is 231 g/mol. The lowest BCUT2D eigenvalue weighted by Crippen LogP contribution is -2.15. The van der Waals surface area contributed by atoms with E-state index < -0.39 is 0 Å². The van der Waals surface area contributed by atoms with Gasteiger partial charge in [0.1, 0.15) is 0 Å². The van der Waals surface area contributed by atoms with Crippen LogP contribution in [-0.2, 0) is 6.42 Å². The van der Waals surface area contributed by atoms with E-state index in [9.17, 15) is 0 Å². The van der Waals surface area contributed by atoms with Gasteiger partial charge in [0.2, 0.25) is 0 Å². The molecule has 0 radical (unpaired) electrons. The van der Waals surface area contributed by atoms with Gasteiger partial charge in [-0.15, -0.1) is 0 Å². The fourth-order valence-corrected chi connectivity index (χ4v) is 2.64. The van der Waals surface area contributed by atoms with E-state index >= 15 is 0 Å². The maximum atomic E-state index is 6.33. The summed E-state index contributed by atoms with van der Waals surface area (Å²) in [5, 5.41) is 0.